The van der Waals surface area contributed by atoms with E-state index in [1.165, 1.54) is 5.56 Å². The molecule has 3 nitrogen and oxygen atoms in total. The lowest BCUT2D eigenvalue weighted by atomic mass is 9.92. The van der Waals surface area contributed by atoms with Crippen LogP contribution < -0.4 is 15.4 Å². The Bertz CT molecular complexity index is 700. The van der Waals surface area contributed by atoms with Crippen LogP contribution in [-0.2, 0) is 13.0 Å². The third kappa shape index (κ3) is 5.89. The topological polar surface area (TPSA) is 33.3 Å². The molecule has 0 aliphatic carbocycles. The average molecular weight is 397 g/mol. The van der Waals surface area contributed by atoms with Crippen molar-refractivity contribution in [3.05, 3.63) is 65.2 Å². The molecule has 1 aliphatic heterocycles. The Morgan fingerprint density at radius 2 is 1.96 bits per heavy atom. The lowest BCUT2D eigenvalue weighted by Crippen LogP contribution is -2.45. The quantitative estimate of drug-likeness (QED) is 0.701. The molecule has 0 amide bonds. The van der Waals surface area contributed by atoms with Crippen LogP contribution in [0.25, 0.3) is 0 Å². The average Bonchev–Trinajstić information content (AvgIpc) is 2.67. The highest BCUT2D eigenvalue weighted by atomic mass is 35.5. The number of nitrogens with one attached hydrogen (secondary N) is 2. The summed E-state index contributed by atoms with van der Waals surface area (Å²) < 4.78 is 30.1. The largest absolute Gasteiger partial charge is 0.434 e. The van der Waals surface area contributed by atoms with Crippen LogP contribution in [0.4, 0.5) is 8.78 Å². The molecule has 3 rings (SSSR count). The first-order valence-corrected chi connectivity index (χ1v) is 9.25. The van der Waals surface area contributed by atoms with Crippen molar-refractivity contribution in [3.63, 3.8) is 0 Å². The molecule has 2 N–H and O–H groups in total. The van der Waals surface area contributed by atoms with E-state index in [2.05, 4.69) is 29.7 Å². The zero-order valence-corrected chi connectivity index (χ0v) is 16.3. The highest BCUT2D eigenvalue weighted by molar-refractivity contribution is 5.85. The standard InChI is InChI=1S/C21H26F2N2O.ClH/c1-2-15-10-11-19(26-21(22)23)17(13-15)14-25-18-9-6-12-24-20(18)16-7-4-3-5-8-16;/h3-5,7-8,10-11,13,18,20-21,24-25H,2,6,9,12,14H2,1H3;1H/t18-,20-;/m0./s1. The molecular formula is C21H27ClF2N2O. The van der Waals surface area contributed by atoms with Crippen LogP contribution in [-0.4, -0.2) is 19.2 Å². The van der Waals surface area contributed by atoms with E-state index in [1.807, 2.05) is 30.3 Å². The summed E-state index contributed by atoms with van der Waals surface area (Å²) in [5.74, 6) is 0.254. The van der Waals surface area contributed by atoms with Gasteiger partial charge in [0.1, 0.15) is 5.75 Å². The van der Waals surface area contributed by atoms with Crippen LogP contribution in [0.3, 0.4) is 0 Å². The first-order chi connectivity index (χ1) is 12.7. The Kier molecular flexibility index (Phi) is 8.48. The van der Waals surface area contributed by atoms with E-state index >= 15 is 0 Å². The minimum atomic E-state index is -2.81. The van der Waals surface area contributed by atoms with Crippen LogP contribution in [0.2, 0.25) is 0 Å². The number of piperidine rings is 1. The molecule has 0 radical (unpaired) electrons. The van der Waals surface area contributed by atoms with Crippen LogP contribution in [0.1, 0.15) is 42.5 Å². The van der Waals surface area contributed by atoms with E-state index in [0.29, 0.717) is 6.54 Å². The van der Waals surface area contributed by atoms with Gasteiger partial charge < -0.3 is 15.4 Å². The van der Waals surface area contributed by atoms with Gasteiger partial charge in [0.05, 0.1) is 0 Å². The van der Waals surface area contributed by atoms with Crippen molar-refractivity contribution in [1.29, 1.82) is 0 Å². The monoisotopic (exact) mass is 396 g/mol. The first-order valence-electron chi connectivity index (χ1n) is 9.25. The molecule has 0 bridgehead atoms. The number of alkyl halides is 2. The number of ether oxygens (including phenoxy) is 1. The van der Waals surface area contributed by atoms with Crippen molar-refractivity contribution in [2.75, 3.05) is 6.54 Å². The number of rotatable bonds is 7. The molecular weight excluding hydrogens is 370 g/mol. The first kappa shape index (κ1) is 21.6. The zero-order valence-electron chi connectivity index (χ0n) is 15.5. The predicted molar refractivity (Wildman–Crippen MR) is 107 cm³/mol. The third-order valence-electron chi connectivity index (χ3n) is 4.92. The predicted octanol–water partition coefficient (Wildman–Crippen LogP) is 4.86. The van der Waals surface area contributed by atoms with Crippen LogP contribution in [0.15, 0.2) is 48.5 Å². The maximum absolute atomic E-state index is 12.7. The Labute approximate surface area is 165 Å². The van der Waals surface area contributed by atoms with Crippen molar-refractivity contribution in [3.8, 4) is 5.75 Å². The van der Waals surface area contributed by atoms with Gasteiger partial charge in [-0.3, -0.25) is 0 Å². The Morgan fingerprint density at radius 1 is 1.19 bits per heavy atom. The van der Waals surface area contributed by atoms with Gasteiger partial charge in [-0.05, 0) is 43.0 Å². The minimum absolute atomic E-state index is 0. The van der Waals surface area contributed by atoms with Gasteiger partial charge in [0.2, 0.25) is 0 Å². The van der Waals surface area contributed by atoms with E-state index in [9.17, 15) is 8.78 Å². The molecule has 0 aromatic heterocycles. The highest BCUT2D eigenvalue weighted by Crippen LogP contribution is 2.26. The second-order valence-electron chi connectivity index (χ2n) is 6.65. The molecule has 27 heavy (non-hydrogen) atoms. The molecule has 2 aromatic carbocycles. The summed E-state index contributed by atoms with van der Waals surface area (Å²) in [6, 6.07) is 16.3. The third-order valence-corrected chi connectivity index (χ3v) is 4.92. The Morgan fingerprint density at radius 3 is 2.67 bits per heavy atom. The van der Waals surface area contributed by atoms with Crippen LogP contribution in [0, 0.1) is 0 Å². The molecule has 2 atom stereocenters. The molecule has 1 heterocycles. The maximum Gasteiger partial charge on any atom is 0.387 e. The molecule has 1 fully saturated rings. The fourth-order valence-corrected chi connectivity index (χ4v) is 3.56. The minimum Gasteiger partial charge on any atom is -0.434 e. The van der Waals surface area contributed by atoms with Crippen LogP contribution in [0.5, 0.6) is 5.75 Å². The summed E-state index contributed by atoms with van der Waals surface area (Å²) in [5, 5.41) is 7.14. The zero-order chi connectivity index (χ0) is 18.4. The second kappa shape index (κ2) is 10.6. The molecule has 1 saturated heterocycles. The van der Waals surface area contributed by atoms with E-state index in [-0.39, 0.29) is 30.2 Å². The van der Waals surface area contributed by atoms with Gasteiger partial charge in [0.25, 0.3) is 0 Å². The number of aryl methyl sites for hydroxylation is 1. The summed E-state index contributed by atoms with van der Waals surface area (Å²) in [6.07, 6.45) is 3.00. The Hall–Kier alpha value is -1.69. The SMILES string of the molecule is CCc1ccc(OC(F)F)c(CN[C@H]2CCCN[C@H]2c2ccccc2)c1.Cl. The smallest absolute Gasteiger partial charge is 0.387 e. The van der Waals surface area contributed by atoms with Crippen molar-refractivity contribution in [1.82, 2.24) is 10.6 Å². The molecule has 0 spiro atoms. The molecule has 1 aliphatic rings. The Balaban J connectivity index is 0.00000261. The number of halogens is 3. The van der Waals surface area contributed by atoms with Gasteiger partial charge in [-0.25, -0.2) is 0 Å². The van der Waals surface area contributed by atoms with Gasteiger partial charge in [-0.1, -0.05) is 49.4 Å². The fourth-order valence-electron chi connectivity index (χ4n) is 3.56. The van der Waals surface area contributed by atoms with Crippen LogP contribution >= 0.6 is 12.4 Å². The van der Waals surface area contributed by atoms with Gasteiger partial charge in [-0.15, -0.1) is 12.4 Å². The lowest BCUT2D eigenvalue weighted by Gasteiger charge is -2.34. The van der Waals surface area contributed by atoms with Gasteiger partial charge in [0, 0.05) is 24.2 Å². The number of hydrogen-bond donors (Lipinski definition) is 2. The van der Waals surface area contributed by atoms with E-state index in [0.717, 1.165) is 36.9 Å². The summed E-state index contributed by atoms with van der Waals surface area (Å²) in [6.45, 7) is 0.736. The van der Waals surface area contributed by atoms with Crippen molar-refractivity contribution < 1.29 is 13.5 Å². The molecule has 148 valence electrons. The summed E-state index contributed by atoms with van der Waals surface area (Å²) in [4.78, 5) is 0. The van der Waals surface area contributed by atoms with Gasteiger partial charge >= 0.3 is 6.61 Å². The normalized spacial score (nSPS) is 19.6. The van der Waals surface area contributed by atoms with Crippen molar-refractivity contribution in [2.45, 2.75) is 51.4 Å². The fraction of sp³-hybridized carbons (Fsp3) is 0.429. The van der Waals surface area contributed by atoms with Gasteiger partial charge in [-0.2, -0.15) is 8.78 Å². The van der Waals surface area contributed by atoms with Crippen molar-refractivity contribution in [2.24, 2.45) is 0 Å². The van der Waals surface area contributed by atoms with E-state index < -0.39 is 6.61 Å². The number of hydrogen-bond acceptors (Lipinski definition) is 3. The molecule has 0 unspecified atom stereocenters. The summed E-state index contributed by atoms with van der Waals surface area (Å²) in [5.41, 5.74) is 3.14. The maximum atomic E-state index is 12.7. The highest BCUT2D eigenvalue weighted by Gasteiger charge is 2.26. The van der Waals surface area contributed by atoms with Gasteiger partial charge in [0.15, 0.2) is 0 Å². The second-order valence-corrected chi connectivity index (χ2v) is 6.65. The van der Waals surface area contributed by atoms with E-state index in [1.54, 1.807) is 6.07 Å². The molecule has 2 aromatic rings. The summed E-state index contributed by atoms with van der Waals surface area (Å²) >= 11 is 0. The van der Waals surface area contributed by atoms with E-state index in [4.69, 9.17) is 4.74 Å². The molecule has 0 saturated carbocycles. The van der Waals surface area contributed by atoms with Crippen molar-refractivity contribution >= 4 is 12.4 Å². The lowest BCUT2D eigenvalue weighted by molar-refractivity contribution is -0.0505. The number of benzene rings is 2. The molecule has 6 heteroatoms. The summed E-state index contributed by atoms with van der Waals surface area (Å²) in [7, 11) is 0.